The smallest absolute Gasteiger partial charge is 0.222 e. The van der Waals surface area contributed by atoms with Crippen molar-refractivity contribution < 1.29 is 18.4 Å². The summed E-state index contributed by atoms with van der Waals surface area (Å²) in [5.41, 5.74) is 0.586. The molecule has 1 aromatic rings. The summed E-state index contributed by atoms with van der Waals surface area (Å²) in [5.74, 6) is -1.26. The summed E-state index contributed by atoms with van der Waals surface area (Å²) in [6.45, 7) is 6.39. The van der Waals surface area contributed by atoms with Crippen LogP contribution < -0.4 is 0 Å². The maximum absolute atomic E-state index is 13.8. The zero-order chi connectivity index (χ0) is 17.2. The van der Waals surface area contributed by atoms with E-state index < -0.39 is 11.6 Å². The number of hydrogen-bond donors (Lipinski definition) is 0. The first-order chi connectivity index (χ1) is 10.7. The minimum atomic E-state index is -0.662. The second-order valence-electron chi connectivity index (χ2n) is 7.11. The minimum absolute atomic E-state index is 0.0301. The van der Waals surface area contributed by atoms with Gasteiger partial charge in [0, 0.05) is 31.5 Å². The second-order valence-corrected chi connectivity index (χ2v) is 7.11. The van der Waals surface area contributed by atoms with Gasteiger partial charge in [-0.05, 0) is 17.5 Å². The van der Waals surface area contributed by atoms with E-state index in [1.165, 1.54) is 12.1 Å². The number of oxime groups is 1. The average molecular weight is 324 g/mol. The average Bonchev–Trinajstić information content (AvgIpc) is 2.84. The van der Waals surface area contributed by atoms with Crippen LogP contribution in [-0.4, -0.2) is 36.2 Å². The zero-order valence-electron chi connectivity index (χ0n) is 13.9. The van der Waals surface area contributed by atoms with Crippen LogP contribution in [0.2, 0.25) is 0 Å². The van der Waals surface area contributed by atoms with E-state index in [-0.39, 0.29) is 23.0 Å². The Hall–Kier alpha value is -1.98. The number of carbonyl (C=O) groups is 1. The van der Waals surface area contributed by atoms with Crippen molar-refractivity contribution in [2.24, 2.45) is 10.6 Å². The summed E-state index contributed by atoms with van der Waals surface area (Å²) in [4.78, 5) is 19.0. The first-order valence-corrected chi connectivity index (χ1v) is 7.58. The number of benzene rings is 1. The maximum Gasteiger partial charge on any atom is 0.222 e. The van der Waals surface area contributed by atoms with E-state index in [2.05, 4.69) is 5.16 Å². The summed E-state index contributed by atoms with van der Waals surface area (Å²) in [5, 5.41) is 3.88. The molecule has 23 heavy (non-hydrogen) atoms. The lowest BCUT2D eigenvalue weighted by Gasteiger charge is -2.24. The molecule has 4 nitrogen and oxygen atoms in total. The van der Waals surface area contributed by atoms with Crippen LogP contribution >= 0.6 is 0 Å². The molecule has 0 spiro atoms. The number of hydrogen-bond acceptors (Lipinski definition) is 3. The molecule has 1 aliphatic heterocycles. The molecule has 0 fully saturated rings. The Labute approximate surface area is 135 Å². The van der Waals surface area contributed by atoms with Gasteiger partial charge in [0.15, 0.2) is 6.10 Å². The van der Waals surface area contributed by atoms with Gasteiger partial charge in [-0.2, -0.15) is 0 Å². The molecule has 126 valence electrons. The van der Waals surface area contributed by atoms with Crippen LogP contribution in [0.25, 0.3) is 0 Å². The molecule has 1 amide bonds. The third kappa shape index (κ3) is 4.74. The molecule has 1 atom stereocenters. The van der Waals surface area contributed by atoms with E-state index in [0.717, 1.165) is 6.07 Å². The molecule has 0 radical (unpaired) electrons. The molecule has 6 heteroatoms. The highest BCUT2D eigenvalue weighted by molar-refractivity contribution is 6.01. The number of nitrogens with zero attached hydrogens (tertiary/aromatic N) is 2. The third-order valence-corrected chi connectivity index (χ3v) is 3.56. The van der Waals surface area contributed by atoms with Crippen LogP contribution in [0, 0.1) is 17.0 Å². The van der Waals surface area contributed by atoms with Crippen LogP contribution in [-0.2, 0) is 9.63 Å². The van der Waals surface area contributed by atoms with Crippen molar-refractivity contribution in [1.82, 2.24) is 4.90 Å². The summed E-state index contributed by atoms with van der Waals surface area (Å²) in [6.07, 6.45) is 0.509. The number of halogens is 2. The van der Waals surface area contributed by atoms with Crippen molar-refractivity contribution in [1.29, 1.82) is 0 Å². The fourth-order valence-corrected chi connectivity index (χ4v) is 2.40. The van der Waals surface area contributed by atoms with E-state index in [0.29, 0.717) is 25.1 Å². The molecule has 0 aromatic heterocycles. The highest BCUT2D eigenvalue weighted by Crippen LogP contribution is 2.22. The number of likely N-dealkylation sites (N-methyl/N-ethyl adjacent to an activating group) is 1. The van der Waals surface area contributed by atoms with E-state index in [9.17, 15) is 13.6 Å². The fraction of sp³-hybridized carbons (Fsp3) is 0.529. The van der Waals surface area contributed by atoms with Gasteiger partial charge in [-0.1, -0.05) is 25.9 Å². The summed E-state index contributed by atoms with van der Waals surface area (Å²) < 4.78 is 26.7. The molecule has 1 unspecified atom stereocenters. The van der Waals surface area contributed by atoms with Gasteiger partial charge in [0.1, 0.15) is 11.6 Å². The quantitative estimate of drug-likeness (QED) is 0.852. The monoisotopic (exact) mass is 324 g/mol. The molecule has 0 bridgehead atoms. The Morgan fingerprint density at radius 3 is 2.70 bits per heavy atom. The molecule has 0 N–H and O–H groups in total. The van der Waals surface area contributed by atoms with Gasteiger partial charge in [0.25, 0.3) is 0 Å². The first kappa shape index (κ1) is 17.4. The number of carbonyl (C=O) groups excluding carboxylic acids is 1. The summed E-state index contributed by atoms with van der Waals surface area (Å²) >= 11 is 0. The standard InChI is InChI=1S/C17H22F2N2O2/c1-17(2,3)9-16(22)21(4)10-12-8-15(20-23-12)13-6-5-11(18)7-14(13)19/h5-7,12H,8-10H2,1-4H3. The van der Waals surface area contributed by atoms with Gasteiger partial charge < -0.3 is 9.74 Å². The first-order valence-electron chi connectivity index (χ1n) is 7.58. The SMILES string of the molecule is CN(CC1CC(c2ccc(F)cc2F)=NO1)C(=O)CC(C)(C)C. The molecule has 0 saturated heterocycles. The normalized spacial score (nSPS) is 17.7. The van der Waals surface area contributed by atoms with Crippen LogP contribution in [0.5, 0.6) is 0 Å². The van der Waals surface area contributed by atoms with E-state index in [4.69, 9.17) is 4.84 Å². The molecule has 0 saturated carbocycles. The van der Waals surface area contributed by atoms with E-state index in [1.54, 1.807) is 11.9 Å². The van der Waals surface area contributed by atoms with Gasteiger partial charge in [-0.15, -0.1) is 0 Å². The topological polar surface area (TPSA) is 41.9 Å². The van der Waals surface area contributed by atoms with Crippen molar-refractivity contribution in [3.63, 3.8) is 0 Å². The number of amides is 1. The van der Waals surface area contributed by atoms with Gasteiger partial charge >= 0.3 is 0 Å². The Kier molecular flexibility index (Phi) is 5.02. The van der Waals surface area contributed by atoms with Crippen LogP contribution in [0.4, 0.5) is 8.78 Å². The predicted octanol–water partition coefficient (Wildman–Crippen LogP) is 3.35. The van der Waals surface area contributed by atoms with E-state index >= 15 is 0 Å². The Morgan fingerprint density at radius 2 is 2.09 bits per heavy atom. The van der Waals surface area contributed by atoms with Crippen molar-refractivity contribution in [3.8, 4) is 0 Å². The molecular weight excluding hydrogens is 302 g/mol. The lowest BCUT2D eigenvalue weighted by molar-refractivity contribution is -0.133. The van der Waals surface area contributed by atoms with Gasteiger partial charge in [-0.25, -0.2) is 8.78 Å². The van der Waals surface area contributed by atoms with Crippen molar-refractivity contribution in [2.75, 3.05) is 13.6 Å². The second kappa shape index (κ2) is 6.64. The van der Waals surface area contributed by atoms with Crippen molar-refractivity contribution in [2.45, 2.75) is 39.7 Å². The Bertz CT molecular complexity index is 624. The van der Waals surface area contributed by atoms with Gasteiger partial charge in [0.05, 0.1) is 12.3 Å². The number of rotatable bonds is 4. The van der Waals surface area contributed by atoms with Crippen LogP contribution in [0.1, 0.15) is 39.2 Å². The van der Waals surface area contributed by atoms with Crippen LogP contribution in [0.15, 0.2) is 23.4 Å². The van der Waals surface area contributed by atoms with Crippen molar-refractivity contribution >= 4 is 11.6 Å². The summed E-state index contributed by atoms with van der Waals surface area (Å²) in [7, 11) is 1.72. The summed E-state index contributed by atoms with van der Waals surface area (Å²) in [6, 6.07) is 3.36. The lowest BCUT2D eigenvalue weighted by Crippen LogP contribution is -2.36. The molecule has 1 aliphatic rings. The van der Waals surface area contributed by atoms with Crippen molar-refractivity contribution in [3.05, 3.63) is 35.4 Å². The largest absolute Gasteiger partial charge is 0.390 e. The zero-order valence-corrected chi connectivity index (χ0v) is 13.9. The Balaban J connectivity index is 1.93. The molecule has 2 rings (SSSR count). The maximum atomic E-state index is 13.8. The van der Waals surface area contributed by atoms with E-state index in [1.807, 2.05) is 20.8 Å². The molecule has 1 heterocycles. The molecule has 0 aliphatic carbocycles. The lowest BCUT2D eigenvalue weighted by atomic mass is 9.91. The predicted molar refractivity (Wildman–Crippen MR) is 84.1 cm³/mol. The highest BCUT2D eigenvalue weighted by Gasteiger charge is 2.27. The highest BCUT2D eigenvalue weighted by atomic mass is 19.1. The van der Waals surface area contributed by atoms with Crippen LogP contribution in [0.3, 0.4) is 0 Å². The van der Waals surface area contributed by atoms with Gasteiger partial charge in [-0.3, -0.25) is 4.79 Å². The minimum Gasteiger partial charge on any atom is -0.390 e. The fourth-order valence-electron chi connectivity index (χ4n) is 2.40. The third-order valence-electron chi connectivity index (χ3n) is 3.56. The molecule has 1 aromatic carbocycles. The molecular formula is C17H22F2N2O2. The van der Waals surface area contributed by atoms with Gasteiger partial charge in [0.2, 0.25) is 5.91 Å². The Morgan fingerprint density at radius 1 is 1.39 bits per heavy atom.